The molecule has 0 saturated heterocycles. The van der Waals surface area contributed by atoms with Crippen molar-refractivity contribution in [1.29, 1.82) is 0 Å². The lowest BCUT2D eigenvalue weighted by atomic mass is 10.1. The molecule has 0 aromatic heterocycles. The number of rotatable bonds is 9. The molecule has 186 valence electrons. The molecular formula is C30H32N2O4. The normalized spacial score (nSPS) is 14.1. The van der Waals surface area contributed by atoms with Gasteiger partial charge in [0.15, 0.2) is 11.5 Å². The molecule has 3 aromatic rings. The van der Waals surface area contributed by atoms with Crippen LogP contribution in [0.4, 0.5) is 5.69 Å². The van der Waals surface area contributed by atoms with Crippen molar-refractivity contribution in [3.8, 4) is 5.75 Å². The molecule has 2 amide bonds. The Morgan fingerprint density at radius 1 is 1.06 bits per heavy atom. The van der Waals surface area contributed by atoms with Gasteiger partial charge in [0.05, 0.1) is 18.3 Å². The van der Waals surface area contributed by atoms with Crippen LogP contribution < -0.4 is 15.0 Å². The molecule has 0 aliphatic carbocycles. The first-order chi connectivity index (χ1) is 17.4. The van der Waals surface area contributed by atoms with Crippen LogP contribution in [0, 0.1) is 6.92 Å². The molecule has 0 saturated carbocycles. The maximum Gasteiger partial charge on any atom is 0.294 e. The second kappa shape index (κ2) is 11.7. The molecule has 4 rings (SSSR count). The fourth-order valence-corrected chi connectivity index (χ4v) is 3.99. The molecule has 0 fully saturated rings. The van der Waals surface area contributed by atoms with E-state index in [0.717, 1.165) is 28.8 Å². The van der Waals surface area contributed by atoms with E-state index in [1.807, 2.05) is 75.4 Å². The summed E-state index contributed by atoms with van der Waals surface area (Å²) in [7, 11) is 0. The molecule has 1 aliphatic rings. The van der Waals surface area contributed by atoms with Crippen molar-refractivity contribution in [2.45, 2.75) is 39.8 Å². The quantitative estimate of drug-likeness (QED) is 0.321. The second-order valence-corrected chi connectivity index (χ2v) is 9.11. The van der Waals surface area contributed by atoms with Gasteiger partial charge in [-0.1, -0.05) is 54.1 Å². The summed E-state index contributed by atoms with van der Waals surface area (Å²) in [6.07, 6.45) is 2.66. The third-order valence-electron chi connectivity index (χ3n) is 5.78. The van der Waals surface area contributed by atoms with Crippen LogP contribution in [0.25, 0.3) is 6.08 Å². The van der Waals surface area contributed by atoms with E-state index in [-0.39, 0.29) is 23.7 Å². The van der Waals surface area contributed by atoms with Gasteiger partial charge in [0.1, 0.15) is 0 Å². The second-order valence-electron chi connectivity index (χ2n) is 9.11. The van der Waals surface area contributed by atoms with Crippen molar-refractivity contribution in [3.05, 3.63) is 101 Å². The van der Waals surface area contributed by atoms with Gasteiger partial charge in [0.25, 0.3) is 11.8 Å². The Bertz CT molecular complexity index is 1250. The first-order valence-electron chi connectivity index (χ1n) is 12.3. The predicted octanol–water partition coefficient (Wildman–Crippen LogP) is 5.51. The summed E-state index contributed by atoms with van der Waals surface area (Å²) in [5.74, 6) is 0.528. The maximum atomic E-state index is 13.4. The van der Waals surface area contributed by atoms with E-state index < -0.39 is 0 Å². The number of hydrogen-bond donors (Lipinski definition) is 1. The van der Waals surface area contributed by atoms with Gasteiger partial charge in [0, 0.05) is 18.7 Å². The molecule has 6 heteroatoms. The molecule has 0 unspecified atom stereocenters. The van der Waals surface area contributed by atoms with Crippen LogP contribution in [0.3, 0.4) is 0 Å². The SMILES string of the molecule is Cc1cccc(CN2C(=O)/C(=C\c3ccc(C(=O)NCCCOC(C)C)cc3)Oc3ccccc32)c1. The van der Waals surface area contributed by atoms with E-state index in [2.05, 4.69) is 11.4 Å². The number of hydrogen-bond acceptors (Lipinski definition) is 4. The van der Waals surface area contributed by atoms with Crippen LogP contribution in [0.5, 0.6) is 5.75 Å². The third kappa shape index (κ3) is 6.40. The fourth-order valence-electron chi connectivity index (χ4n) is 3.99. The first-order valence-corrected chi connectivity index (χ1v) is 12.3. The Kier molecular flexibility index (Phi) is 8.18. The van der Waals surface area contributed by atoms with Crippen LogP contribution in [-0.4, -0.2) is 31.1 Å². The van der Waals surface area contributed by atoms with Crippen LogP contribution >= 0.6 is 0 Å². The van der Waals surface area contributed by atoms with Gasteiger partial charge in [-0.25, -0.2) is 0 Å². The molecule has 6 nitrogen and oxygen atoms in total. The third-order valence-corrected chi connectivity index (χ3v) is 5.78. The van der Waals surface area contributed by atoms with Gasteiger partial charge in [-0.2, -0.15) is 0 Å². The molecule has 1 N–H and O–H groups in total. The van der Waals surface area contributed by atoms with Crippen molar-refractivity contribution in [2.24, 2.45) is 0 Å². The van der Waals surface area contributed by atoms with E-state index in [1.54, 1.807) is 23.1 Å². The molecule has 0 atom stereocenters. The number of carbonyl (C=O) groups is 2. The van der Waals surface area contributed by atoms with Gasteiger partial charge in [-0.3, -0.25) is 14.5 Å². The van der Waals surface area contributed by atoms with E-state index in [9.17, 15) is 9.59 Å². The Hall–Kier alpha value is -3.90. The van der Waals surface area contributed by atoms with E-state index in [1.165, 1.54) is 0 Å². The van der Waals surface area contributed by atoms with Gasteiger partial charge >= 0.3 is 0 Å². The number of fused-ring (bicyclic) bond motifs is 1. The lowest BCUT2D eigenvalue weighted by molar-refractivity contribution is -0.117. The van der Waals surface area contributed by atoms with Crippen molar-refractivity contribution < 1.29 is 19.1 Å². The number of nitrogens with one attached hydrogen (secondary N) is 1. The minimum atomic E-state index is -0.208. The number of carbonyl (C=O) groups excluding carboxylic acids is 2. The predicted molar refractivity (Wildman–Crippen MR) is 142 cm³/mol. The lowest BCUT2D eigenvalue weighted by Crippen LogP contribution is -2.36. The number of para-hydroxylation sites is 2. The molecule has 0 spiro atoms. The Labute approximate surface area is 212 Å². The molecule has 3 aromatic carbocycles. The number of aryl methyl sites for hydroxylation is 1. The summed E-state index contributed by atoms with van der Waals surface area (Å²) < 4.78 is 11.5. The van der Waals surface area contributed by atoms with Gasteiger partial charge in [-0.15, -0.1) is 0 Å². The minimum Gasteiger partial charge on any atom is -0.449 e. The average Bonchev–Trinajstić information content (AvgIpc) is 2.86. The summed E-state index contributed by atoms with van der Waals surface area (Å²) in [5.41, 5.74) is 4.27. The summed E-state index contributed by atoms with van der Waals surface area (Å²) in [4.78, 5) is 27.6. The number of anilines is 1. The van der Waals surface area contributed by atoms with Gasteiger partial charge in [0.2, 0.25) is 0 Å². The highest BCUT2D eigenvalue weighted by Gasteiger charge is 2.30. The Morgan fingerprint density at radius 2 is 1.83 bits per heavy atom. The van der Waals surface area contributed by atoms with Crippen molar-refractivity contribution in [2.75, 3.05) is 18.1 Å². The summed E-state index contributed by atoms with van der Waals surface area (Å²) in [6.45, 7) is 7.62. The highest BCUT2D eigenvalue weighted by molar-refractivity contribution is 6.09. The standard InChI is InChI=1S/C30H32N2O4/c1-21(2)35-17-7-16-31-29(33)25-14-12-23(13-15-25)19-28-30(34)32(20-24-9-6-8-22(3)18-24)26-10-4-5-11-27(26)36-28/h4-6,8-15,18-19,21H,7,16-17,20H2,1-3H3,(H,31,33)/b28-19+. The molecule has 36 heavy (non-hydrogen) atoms. The molecule has 1 heterocycles. The van der Waals surface area contributed by atoms with Crippen molar-refractivity contribution in [1.82, 2.24) is 5.32 Å². The zero-order chi connectivity index (χ0) is 25.5. The van der Waals surface area contributed by atoms with Crippen molar-refractivity contribution in [3.63, 3.8) is 0 Å². The van der Waals surface area contributed by atoms with Crippen LogP contribution in [0.2, 0.25) is 0 Å². The first kappa shape index (κ1) is 25.2. The van der Waals surface area contributed by atoms with Gasteiger partial charge in [-0.05, 0) is 68.7 Å². The Balaban J connectivity index is 1.47. The molecule has 1 aliphatic heterocycles. The topological polar surface area (TPSA) is 67.9 Å². The smallest absolute Gasteiger partial charge is 0.294 e. The number of ether oxygens (including phenoxy) is 2. The van der Waals surface area contributed by atoms with Crippen LogP contribution in [-0.2, 0) is 16.1 Å². The summed E-state index contributed by atoms with van der Waals surface area (Å²) >= 11 is 0. The van der Waals surface area contributed by atoms with E-state index in [4.69, 9.17) is 9.47 Å². The van der Waals surface area contributed by atoms with Crippen LogP contribution in [0.1, 0.15) is 47.3 Å². The van der Waals surface area contributed by atoms with Crippen molar-refractivity contribution >= 4 is 23.6 Å². The number of nitrogens with zero attached hydrogens (tertiary/aromatic N) is 1. The number of benzene rings is 3. The highest BCUT2D eigenvalue weighted by atomic mass is 16.5. The highest BCUT2D eigenvalue weighted by Crippen LogP contribution is 2.36. The summed E-state index contributed by atoms with van der Waals surface area (Å²) in [6, 6.07) is 22.8. The van der Waals surface area contributed by atoms with Crippen LogP contribution in [0.15, 0.2) is 78.6 Å². The Morgan fingerprint density at radius 3 is 2.58 bits per heavy atom. The molecule has 0 radical (unpaired) electrons. The largest absolute Gasteiger partial charge is 0.449 e. The summed E-state index contributed by atoms with van der Waals surface area (Å²) in [5, 5.41) is 2.90. The molecule has 0 bridgehead atoms. The lowest BCUT2D eigenvalue weighted by Gasteiger charge is -2.30. The monoisotopic (exact) mass is 484 g/mol. The average molecular weight is 485 g/mol. The van der Waals surface area contributed by atoms with E-state index in [0.29, 0.717) is 31.0 Å². The zero-order valence-corrected chi connectivity index (χ0v) is 21.0. The zero-order valence-electron chi connectivity index (χ0n) is 21.0. The number of amides is 2. The van der Waals surface area contributed by atoms with Gasteiger partial charge < -0.3 is 14.8 Å². The minimum absolute atomic E-state index is 0.137. The molecular weight excluding hydrogens is 452 g/mol. The maximum absolute atomic E-state index is 13.4. The fraction of sp³-hybridized carbons (Fsp3) is 0.267. The van der Waals surface area contributed by atoms with E-state index >= 15 is 0 Å².